The Morgan fingerprint density at radius 3 is 2.58 bits per heavy atom. The summed E-state index contributed by atoms with van der Waals surface area (Å²) in [6.07, 6.45) is 2.81. The minimum Gasteiger partial charge on any atom is -0.374 e. The zero-order valence-corrected chi connectivity index (χ0v) is 8.18. The molecular weight excluding hydrogens is 150 g/mol. The monoisotopic (exact) mass is 169 g/mol. The van der Waals surface area contributed by atoms with Crippen molar-refractivity contribution in [3.05, 3.63) is 12.2 Å². The third-order valence-electron chi connectivity index (χ3n) is 2.23. The van der Waals surface area contributed by atoms with Gasteiger partial charge in [-0.05, 0) is 26.8 Å². The zero-order chi connectivity index (χ0) is 8.97. The molecular formula is C10H19NO. The van der Waals surface area contributed by atoms with Crippen LogP contribution in [0.5, 0.6) is 0 Å². The molecule has 0 aromatic heterocycles. The number of rotatable bonds is 3. The van der Waals surface area contributed by atoms with Gasteiger partial charge in [-0.25, -0.2) is 0 Å². The van der Waals surface area contributed by atoms with Crippen LogP contribution in [0.25, 0.3) is 0 Å². The molecule has 0 atom stereocenters. The Hall–Kier alpha value is -0.340. The Balaban J connectivity index is 2.13. The van der Waals surface area contributed by atoms with Crippen molar-refractivity contribution < 1.29 is 4.74 Å². The van der Waals surface area contributed by atoms with E-state index in [0.717, 1.165) is 12.2 Å². The molecule has 70 valence electrons. The van der Waals surface area contributed by atoms with Crippen molar-refractivity contribution in [2.45, 2.75) is 25.9 Å². The van der Waals surface area contributed by atoms with E-state index in [1.54, 1.807) is 0 Å². The third kappa shape index (κ3) is 3.37. The first-order chi connectivity index (χ1) is 5.68. The first-order valence-corrected chi connectivity index (χ1v) is 4.63. The standard InChI is InChI=1S/C10H19NO/c1-9(2)8-12-10-4-6-11(3)7-5-10/h10H,1,4-8H2,2-3H3. The van der Waals surface area contributed by atoms with E-state index in [1.165, 1.54) is 25.9 Å². The highest BCUT2D eigenvalue weighted by Gasteiger charge is 2.16. The van der Waals surface area contributed by atoms with Gasteiger partial charge in [0.2, 0.25) is 0 Å². The van der Waals surface area contributed by atoms with Crippen LogP contribution in [0, 0.1) is 0 Å². The van der Waals surface area contributed by atoms with Gasteiger partial charge in [-0.3, -0.25) is 0 Å². The van der Waals surface area contributed by atoms with Gasteiger partial charge in [0.05, 0.1) is 12.7 Å². The Morgan fingerprint density at radius 1 is 1.50 bits per heavy atom. The molecule has 1 fully saturated rings. The smallest absolute Gasteiger partial charge is 0.0675 e. The van der Waals surface area contributed by atoms with Crippen LogP contribution in [0.3, 0.4) is 0 Å². The summed E-state index contributed by atoms with van der Waals surface area (Å²) in [6.45, 7) is 8.89. The molecule has 0 saturated carbocycles. The van der Waals surface area contributed by atoms with Crippen LogP contribution in [-0.2, 0) is 4.74 Å². The lowest BCUT2D eigenvalue weighted by Crippen LogP contribution is -2.34. The molecule has 0 aromatic carbocycles. The molecule has 1 rings (SSSR count). The summed E-state index contributed by atoms with van der Waals surface area (Å²) in [5.41, 5.74) is 1.12. The Kier molecular flexibility index (Phi) is 3.76. The average Bonchev–Trinajstić information content (AvgIpc) is 2.03. The van der Waals surface area contributed by atoms with Crippen molar-refractivity contribution in [1.29, 1.82) is 0 Å². The van der Waals surface area contributed by atoms with Gasteiger partial charge >= 0.3 is 0 Å². The van der Waals surface area contributed by atoms with E-state index in [2.05, 4.69) is 18.5 Å². The molecule has 1 heterocycles. The molecule has 2 nitrogen and oxygen atoms in total. The third-order valence-corrected chi connectivity index (χ3v) is 2.23. The quantitative estimate of drug-likeness (QED) is 0.596. The Labute approximate surface area is 75.2 Å². The van der Waals surface area contributed by atoms with E-state index in [0.29, 0.717) is 6.10 Å². The molecule has 0 amide bonds. The summed E-state index contributed by atoms with van der Waals surface area (Å²) in [7, 11) is 2.16. The fourth-order valence-electron chi connectivity index (χ4n) is 1.41. The van der Waals surface area contributed by atoms with Crippen LogP contribution in [0.15, 0.2) is 12.2 Å². The molecule has 1 saturated heterocycles. The van der Waals surface area contributed by atoms with E-state index >= 15 is 0 Å². The Bertz CT molecular complexity index is 148. The van der Waals surface area contributed by atoms with Gasteiger partial charge in [-0.2, -0.15) is 0 Å². The number of ether oxygens (including phenoxy) is 1. The molecule has 1 aliphatic rings. The van der Waals surface area contributed by atoms with Crippen molar-refractivity contribution in [1.82, 2.24) is 4.90 Å². The predicted octanol–water partition coefficient (Wildman–Crippen LogP) is 1.67. The summed E-state index contributed by atoms with van der Waals surface area (Å²) < 4.78 is 5.67. The maximum Gasteiger partial charge on any atom is 0.0675 e. The van der Waals surface area contributed by atoms with E-state index < -0.39 is 0 Å². The zero-order valence-electron chi connectivity index (χ0n) is 8.18. The first kappa shape index (κ1) is 9.75. The van der Waals surface area contributed by atoms with Gasteiger partial charge in [-0.1, -0.05) is 12.2 Å². The fourth-order valence-corrected chi connectivity index (χ4v) is 1.41. The van der Waals surface area contributed by atoms with Crippen molar-refractivity contribution in [2.24, 2.45) is 0 Å². The van der Waals surface area contributed by atoms with Crippen LogP contribution in [0.4, 0.5) is 0 Å². The molecule has 0 aliphatic carbocycles. The molecule has 2 heteroatoms. The average molecular weight is 169 g/mol. The van der Waals surface area contributed by atoms with Crippen molar-refractivity contribution in [3.8, 4) is 0 Å². The second-order valence-corrected chi connectivity index (χ2v) is 3.77. The maximum absolute atomic E-state index is 5.67. The molecule has 0 N–H and O–H groups in total. The van der Waals surface area contributed by atoms with Crippen LogP contribution in [0.2, 0.25) is 0 Å². The molecule has 0 unspecified atom stereocenters. The van der Waals surface area contributed by atoms with Gasteiger partial charge in [0.15, 0.2) is 0 Å². The lowest BCUT2D eigenvalue weighted by atomic mass is 10.1. The van der Waals surface area contributed by atoms with Crippen molar-refractivity contribution >= 4 is 0 Å². The van der Waals surface area contributed by atoms with Crippen molar-refractivity contribution in [3.63, 3.8) is 0 Å². The van der Waals surface area contributed by atoms with Crippen LogP contribution in [-0.4, -0.2) is 37.7 Å². The van der Waals surface area contributed by atoms with Gasteiger partial charge < -0.3 is 9.64 Å². The highest BCUT2D eigenvalue weighted by atomic mass is 16.5. The van der Waals surface area contributed by atoms with E-state index in [1.807, 2.05) is 6.92 Å². The van der Waals surface area contributed by atoms with Gasteiger partial charge in [0, 0.05) is 13.1 Å². The van der Waals surface area contributed by atoms with Crippen molar-refractivity contribution in [2.75, 3.05) is 26.7 Å². The second-order valence-electron chi connectivity index (χ2n) is 3.77. The number of nitrogens with zero attached hydrogens (tertiary/aromatic N) is 1. The van der Waals surface area contributed by atoms with Gasteiger partial charge in [-0.15, -0.1) is 0 Å². The topological polar surface area (TPSA) is 12.5 Å². The minimum absolute atomic E-state index is 0.470. The highest BCUT2D eigenvalue weighted by molar-refractivity contribution is 4.88. The van der Waals surface area contributed by atoms with Gasteiger partial charge in [0.1, 0.15) is 0 Å². The maximum atomic E-state index is 5.67. The van der Waals surface area contributed by atoms with Crippen LogP contribution in [0.1, 0.15) is 19.8 Å². The summed E-state index contributed by atoms with van der Waals surface area (Å²) in [6, 6.07) is 0. The molecule has 0 aromatic rings. The normalized spacial score (nSPS) is 21.2. The predicted molar refractivity (Wildman–Crippen MR) is 51.3 cm³/mol. The fraction of sp³-hybridized carbons (Fsp3) is 0.800. The lowest BCUT2D eigenvalue weighted by molar-refractivity contribution is 0.0248. The van der Waals surface area contributed by atoms with E-state index in [-0.39, 0.29) is 0 Å². The number of hydrogen-bond donors (Lipinski definition) is 0. The molecule has 0 spiro atoms. The molecule has 1 aliphatic heterocycles. The van der Waals surface area contributed by atoms with Crippen LogP contribution >= 0.6 is 0 Å². The highest BCUT2D eigenvalue weighted by Crippen LogP contribution is 2.12. The van der Waals surface area contributed by atoms with Crippen LogP contribution < -0.4 is 0 Å². The number of likely N-dealkylation sites (tertiary alicyclic amines) is 1. The lowest BCUT2D eigenvalue weighted by Gasteiger charge is -2.28. The largest absolute Gasteiger partial charge is 0.374 e. The summed E-state index contributed by atoms with van der Waals surface area (Å²) in [4.78, 5) is 2.35. The molecule has 12 heavy (non-hydrogen) atoms. The SMILES string of the molecule is C=C(C)COC1CCN(C)CC1. The number of hydrogen-bond acceptors (Lipinski definition) is 2. The molecule has 0 bridgehead atoms. The first-order valence-electron chi connectivity index (χ1n) is 4.63. The number of piperidine rings is 1. The Morgan fingerprint density at radius 2 is 2.08 bits per heavy atom. The minimum atomic E-state index is 0.470. The van der Waals surface area contributed by atoms with Gasteiger partial charge in [0.25, 0.3) is 0 Å². The summed E-state index contributed by atoms with van der Waals surface area (Å²) >= 11 is 0. The second kappa shape index (κ2) is 4.63. The summed E-state index contributed by atoms with van der Waals surface area (Å²) in [5.74, 6) is 0. The molecule has 0 radical (unpaired) electrons. The van der Waals surface area contributed by atoms with E-state index in [9.17, 15) is 0 Å². The summed E-state index contributed by atoms with van der Waals surface area (Å²) in [5, 5.41) is 0. The van der Waals surface area contributed by atoms with E-state index in [4.69, 9.17) is 4.74 Å².